The molecule has 1 fully saturated rings. The first kappa shape index (κ1) is 29.7. The maximum absolute atomic E-state index is 13.3. The first-order valence-electron chi connectivity index (χ1n) is 10.7. The molecular weight excluding hydrogens is 481 g/mol. The standard InChI is InChI=1S/C15H21ClFNO.C8H9NO2S.CH3NO/c1-4-15(18-3)8-14(2,9-15)10-19-11-5-6-12(16)13(17)7-11;1-12-8-3-2-7(6-9-8)11-5-4-10;2-1-3/h5-7,18H,4,8-10H2,1-3H3;2-4,6H,5H2,1H3;1H,(H2,2,3). The Kier molecular flexibility index (Phi) is 12.9. The largest absolute Gasteiger partial charge is 0.493 e. The Morgan fingerprint density at radius 3 is 2.35 bits per heavy atom. The van der Waals surface area contributed by atoms with Crippen LogP contribution in [0.4, 0.5) is 4.39 Å². The Labute approximate surface area is 209 Å². The number of nitrogens with zero attached hydrogens (tertiary/aromatic N) is 1. The van der Waals surface area contributed by atoms with Crippen LogP contribution in [0.25, 0.3) is 0 Å². The Morgan fingerprint density at radius 2 is 1.88 bits per heavy atom. The highest BCUT2D eigenvalue weighted by Gasteiger charge is 2.50. The van der Waals surface area contributed by atoms with E-state index in [0.29, 0.717) is 24.4 Å². The summed E-state index contributed by atoms with van der Waals surface area (Å²) in [6.45, 7) is 5.10. The van der Waals surface area contributed by atoms with Crippen molar-refractivity contribution in [1.82, 2.24) is 10.3 Å². The lowest BCUT2D eigenvalue weighted by atomic mass is 9.57. The molecule has 1 aromatic heterocycles. The number of halogens is 2. The van der Waals surface area contributed by atoms with Crippen LogP contribution in [0, 0.1) is 11.2 Å². The molecule has 0 spiro atoms. The minimum Gasteiger partial charge on any atom is -0.493 e. The second-order valence-corrected chi connectivity index (χ2v) is 9.30. The van der Waals surface area contributed by atoms with Crippen LogP contribution in [-0.2, 0) is 9.59 Å². The number of thioether (sulfide) groups is 1. The fourth-order valence-electron chi connectivity index (χ4n) is 3.82. The number of aldehydes is 1. The molecule has 3 rings (SSSR count). The smallest absolute Gasteiger partial charge is 0.204 e. The molecule has 3 N–H and O–H groups in total. The molecular formula is C24H33ClFN3O4S. The third kappa shape index (κ3) is 9.48. The van der Waals surface area contributed by atoms with Crippen LogP contribution in [0.3, 0.4) is 0 Å². The summed E-state index contributed by atoms with van der Waals surface area (Å²) in [5.74, 6) is 0.734. The molecule has 34 heavy (non-hydrogen) atoms. The van der Waals surface area contributed by atoms with Crippen molar-refractivity contribution >= 4 is 36.1 Å². The Morgan fingerprint density at radius 1 is 1.24 bits per heavy atom. The number of primary amides is 1. The summed E-state index contributed by atoms with van der Waals surface area (Å²) in [6, 6.07) is 8.22. The van der Waals surface area contributed by atoms with Crippen molar-refractivity contribution in [1.29, 1.82) is 0 Å². The fraction of sp³-hybridized carbons (Fsp3) is 0.458. The number of nitrogens with one attached hydrogen (secondary N) is 1. The average molecular weight is 514 g/mol. The minimum atomic E-state index is -0.434. The molecule has 2 aromatic rings. The molecule has 0 bridgehead atoms. The zero-order chi connectivity index (χ0) is 25.6. The highest BCUT2D eigenvalue weighted by molar-refractivity contribution is 7.98. The summed E-state index contributed by atoms with van der Waals surface area (Å²) in [6.07, 6.45) is 7.81. The van der Waals surface area contributed by atoms with Gasteiger partial charge in [-0.2, -0.15) is 0 Å². The van der Waals surface area contributed by atoms with Gasteiger partial charge in [-0.05, 0) is 56.8 Å². The molecule has 1 saturated carbocycles. The predicted molar refractivity (Wildman–Crippen MR) is 134 cm³/mol. The van der Waals surface area contributed by atoms with Gasteiger partial charge < -0.3 is 20.5 Å². The summed E-state index contributed by atoms with van der Waals surface area (Å²) < 4.78 is 24.0. The number of hydrogen-bond acceptors (Lipinski definition) is 7. The van der Waals surface area contributed by atoms with Gasteiger partial charge in [0.05, 0.1) is 22.9 Å². The van der Waals surface area contributed by atoms with E-state index in [1.54, 1.807) is 30.1 Å². The molecule has 1 aromatic carbocycles. The van der Waals surface area contributed by atoms with Gasteiger partial charge in [0.15, 0.2) is 6.29 Å². The van der Waals surface area contributed by atoms with Crippen LogP contribution < -0.4 is 20.5 Å². The van der Waals surface area contributed by atoms with Crippen LogP contribution in [0.1, 0.15) is 33.1 Å². The summed E-state index contributed by atoms with van der Waals surface area (Å²) in [7, 11) is 2.01. The van der Waals surface area contributed by atoms with Crippen molar-refractivity contribution in [2.24, 2.45) is 11.1 Å². The minimum absolute atomic E-state index is 0.0836. The zero-order valence-corrected chi connectivity index (χ0v) is 21.5. The number of pyridine rings is 1. The third-order valence-corrected chi connectivity index (χ3v) is 6.42. The quantitative estimate of drug-likeness (QED) is 0.375. The number of benzene rings is 1. The van der Waals surface area contributed by atoms with Gasteiger partial charge in [-0.25, -0.2) is 9.37 Å². The lowest BCUT2D eigenvalue weighted by molar-refractivity contribution is -0.109. The molecule has 1 amide bonds. The van der Waals surface area contributed by atoms with Crippen LogP contribution in [0.5, 0.6) is 11.5 Å². The normalized spacial score (nSPS) is 20.4. The lowest BCUT2D eigenvalue weighted by Crippen LogP contribution is -2.59. The predicted octanol–water partition coefficient (Wildman–Crippen LogP) is 4.51. The van der Waals surface area contributed by atoms with Gasteiger partial charge in [-0.15, -0.1) is 11.8 Å². The SMILES string of the molecule is CCC1(NC)CC(C)(COc2ccc(Cl)c(F)c2)C1.CSc1ccc(OCC=O)cn1.NC=O. The maximum Gasteiger partial charge on any atom is 0.204 e. The summed E-state index contributed by atoms with van der Waals surface area (Å²) >= 11 is 7.21. The molecule has 7 nitrogen and oxygen atoms in total. The molecule has 10 heteroatoms. The molecule has 0 atom stereocenters. The van der Waals surface area contributed by atoms with Gasteiger partial charge in [0.1, 0.15) is 23.9 Å². The van der Waals surface area contributed by atoms with Gasteiger partial charge in [0.2, 0.25) is 6.41 Å². The Hall–Kier alpha value is -2.36. The first-order chi connectivity index (χ1) is 16.2. The number of carbonyl (C=O) groups is 2. The van der Waals surface area contributed by atoms with E-state index in [9.17, 15) is 9.18 Å². The van der Waals surface area contributed by atoms with Gasteiger partial charge in [0.25, 0.3) is 0 Å². The van der Waals surface area contributed by atoms with E-state index in [-0.39, 0.29) is 29.0 Å². The monoisotopic (exact) mass is 513 g/mol. The lowest BCUT2D eigenvalue weighted by Gasteiger charge is -2.54. The maximum atomic E-state index is 13.3. The number of hydrogen-bond donors (Lipinski definition) is 2. The van der Waals surface area contributed by atoms with Crippen LogP contribution in [0.15, 0.2) is 41.6 Å². The van der Waals surface area contributed by atoms with E-state index in [1.165, 1.54) is 12.1 Å². The number of aromatic nitrogens is 1. The molecule has 1 heterocycles. The molecule has 0 aliphatic heterocycles. The van der Waals surface area contributed by atoms with Gasteiger partial charge in [-0.3, -0.25) is 9.59 Å². The number of ether oxygens (including phenoxy) is 2. The molecule has 0 saturated heterocycles. The van der Waals surface area contributed by atoms with E-state index < -0.39 is 5.82 Å². The van der Waals surface area contributed by atoms with Crippen molar-refractivity contribution in [2.45, 2.75) is 43.7 Å². The molecule has 0 radical (unpaired) electrons. The molecule has 1 aliphatic carbocycles. The van der Waals surface area contributed by atoms with E-state index in [0.717, 1.165) is 24.3 Å². The Bertz CT molecular complexity index is 890. The number of carbonyl (C=O) groups excluding carboxylic acids is 2. The van der Waals surface area contributed by atoms with Gasteiger partial charge in [-0.1, -0.05) is 25.4 Å². The second-order valence-electron chi connectivity index (χ2n) is 8.06. The second kappa shape index (κ2) is 14.8. The van der Waals surface area contributed by atoms with Crippen LogP contribution in [-0.4, -0.2) is 49.7 Å². The van der Waals surface area contributed by atoms with E-state index in [2.05, 4.69) is 29.9 Å². The number of amides is 1. The highest BCUT2D eigenvalue weighted by Crippen LogP contribution is 2.49. The van der Waals surface area contributed by atoms with Gasteiger partial charge >= 0.3 is 0 Å². The van der Waals surface area contributed by atoms with Crippen LogP contribution >= 0.6 is 23.4 Å². The van der Waals surface area contributed by atoms with Gasteiger partial charge in [0, 0.05) is 17.0 Å². The third-order valence-electron chi connectivity index (χ3n) is 5.45. The Balaban J connectivity index is 0.000000330. The van der Waals surface area contributed by atoms with Crippen molar-refractivity contribution in [3.63, 3.8) is 0 Å². The average Bonchev–Trinajstić information content (AvgIpc) is 2.83. The number of nitrogens with two attached hydrogens (primary N) is 1. The van der Waals surface area contributed by atoms with Crippen molar-refractivity contribution in [2.75, 3.05) is 26.5 Å². The molecule has 1 aliphatic rings. The zero-order valence-electron chi connectivity index (χ0n) is 20.0. The fourth-order valence-corrected chi connectivity index (χ4v) is 4.29. The topological polar surface area (TPSA) is 104 Å². The van der Waals surface area contributed by atoms with Crippen molar-refractivity contribution in [3.05, 3.63) is 47.4 Å². The van der Waals surface area contributed by atoms with E-state index in [4.69, 9.17) is 25.9 Å². The summed E-state index contributed by atoms with van der Waals surface area (Å²) in [5, 5.41) is 4.47. The van der Waals surface area contributed by atoms with E-state index >= 15 is 0 Å². The highest BCUT2D eigenvalue weighted by atomic mass is 35.5. The van der Waals surface area contributed by atoms with Crippen molar-refractivity contribution in [3.8, 4) is 11.5 Å². The van der Waals surface area contributed by atoms with Crippen molar-refractivity contribution < 1.29 is 23.5 Å². The number of rotatable bonds is 9. The van der Waals surface area contributed by atoms with Crippen LogP contribution in [0.2, 0.25) is 5.02 Å². The summed E-state index contributed by atoms with van der Waals surface area (Å²) in [4.78, 5) is 22.6. The molecule has 0 unspecified atom stereocenters. The summed E-state index contributed by atoms with van der Waals surface area (Å²) in [5.41, 5.74) is 4.58. The molecule has 188 valence electrons. The first-order valence-corrected chi connectivity index (χ1v) is 12.3. The van der Waals surface area contributed by atoms with E-state index in [1.807, 2.05) is 19.4 Å².